The molecule has 0 fully saturated rings. The average Bonchev–Trinajstić information content (AvgIpc) is 2.22. The van der Waals surface area contributed by atoms with Crippen LogP contribution in [0.3, 0.4) is 0 Å². The minimum atomic E-state index is -2.90. The first-order chi connectivity index (χ1) is 7.58. The Labute approximate surface area is 97.1 Å². The van der Waals surface area contributed by atoms with Crippen LogP contribution in [-0.2, 0) is 6.54 Å². The second-order valence-corrected chi connectivity index (χ2v) is 3.31. The van der Waals surface area contributed by atoms with Gasteiger partial charge in [-0.25, -0.2) is 0 Å². The van der Waals surface area contributed by atoms with Gasteiger partial charge in [-0.1, -0.05) is 11.6 Å². The highest BCUT2D eigenvalue weighted by Crippen LogP contribution is 2.33. The maximum absolute atomic E-state index is 12.1. The van der Waals surface area contributed by atoms with Crippen molar-refractivity contribution in [1.29, 1.82) is 0 Å². The summed E-state index contributed by atoms with van der Waals surface area (Å²) in [5, 5.41) is 0.323. The fourth-order valence-corrected chi connectivity index (χ4v) is 1.45. The first-order valence-electron chi connectivity index (χ1n) is 4.68. The largest absolute Gasteiger partial charge is 0.492 e. The second kappa shape index (κ2) is 5.86. The Morgan fingerprint density at radius 3 is 2.56 bits per heavy atom. The molecule has 0 aliphatic heterocycles. The molecule has 0 spiro atoms. The molecule has 0 unspecified atom stereocenters. The molecule has 0 aromatic heterocycles. The molecule has 0 aliphatic carbocycles. The molecule has 0 aliphatic rings. The fraction of sp³-hybridized carbons (Fsp3) is 0.400. The van der Waals surface area contributed by atoms with Crippen LogP contribution in [0, 0.1) is 0 Å². The van der Waals surface area contributed by atoms with Gasteiger partial charge < -0.3 is 15.2 Å². The van der Waals surface area contributed by atoms with Crippen molar-refractivity contribution in [1.82, 2.24) is 0 Å². The highest BCUT2D eigenvalue weighted by atomic mass is 35.5. The number of ether oxygens (including phenoxy) is 2. The minimum absolute atomic E-state index is 0.00894. The highest BCUT2D eigenvalue weighted by Gasteiger charge is 2.13. The van der Waals surface area contributed by atoms with Gasteiger partial charge in [-0.15, -0.1) is 0 Å². The van der Waals surface area contributed by atoms with Gasteiger partial charge in [0.2, 0.25) is 0 Å². The molecule has 16 heavy (non-hydrogen) atoms. The molecule has 1 aromatic carbocycles. The molecule has 0 radical (unpaired) electrons. The monoisotopic (exact) mass is 251 g/mol. The highest BCUT2D eigenvalue weighted by molar-refractivity contribution is 6.32. The van der Waals surface area contributed by atoms with Crippen molar-refractivity contribution in [3.05, 3.63) is 22.7 Å². The van der Waals surface area contributed by atoms with Crippen molar-refractivity contribution in [2.24, 2.45) is 5.73 Å². The summed E-state index contributed by atoms with van der Waals surface area (Å²) < 4.78 is 33.7. The summed E-state index contributed by atoms with van der Waals surface area (Å²) in [6.07, 6.45) is 0. The van der Waals surface area contributed by atoms with E-state index in [-0.39, 0.29) is 12.3 Å². The van der Waals surface area contributed by atoms with E-state index in [1.807, 2.05) is 0 Å². The van der Waals surface area contributed by atoms with E-state index in [0.29, 0.717) is 22.9 Å². The summed E-state index contributed by atoms with van der Waals surface area (Å²) in [5.74, 6) is 0.294. The summed E-state index contributed by atoms with van der Waals surface area (Å²) >= 11 is 5.87. The van der Waals surface area contributed by atoms with Gasteiger partial charge in [-0.2, -0.15) is 8.78 Å². The van der Waals surface area contributed by atoms with Crippen LogP contribution in [0.5, 0.6) is 11.5 Å². The lowest BCUT2D eigenvalue weighted by Crippen LogP contribution is -2.07. The van der Waals surface area contributed by atoms with Crippen molar-refractivity contribution in [3.8, 4) is 11.5 Å². The second-order valence-electron chi connectivity index (χ2n) is 2.91. The van der Waals surface area contributed by atoms with Crippen LogP contribution in [0.4, 0.5) is 8.78 Å². The van der Waals surface area contributed by atoms with E-state index in [4.69, 9.17) is 22.1 Å². The summed E-state index contributed by atoms with van der Waals surface area (Å²) in [7, 11) is 0. The third-order valence-electron chi connectivity index (χ3n) is 1.85. The average molecular weight is 252 g/mol. The van der Waals surface area contributed by atoms with Crippen LogP contribution in [0.15, 0.2) is 12.1 Å². The predicted octanol–water partition coefficient (Wildman–Crippen LogP) is 2.80. The van der Waals surface area contributed by atoms with Crippen LogP contribution in [0.25, 0.3) is 0 Å². The molecule has 0 atom stereocenters. The summed E-state index contributed by atoms with van der Waals surface area (Å²) in [4.78, 5) is 0. The van der Waals surface area contributed by atoms with E-state index in [2.05, 4.69) is 4.74 Å². The molecule has 1 aromatic rings. The molecule has 0 bridgehead atoms. The van der Waals surface area contributed by atoms with Crippen LogP contribution in [0.2, 0.25) is 5.02 Å². The first kappa shape index (κ1) is 13.0. The number of alkyl halides is 2. The van der Waals surface area contributed by atoms with Gasteiger partial charge in [-0.3, -0.25) is 0 Å². The van der Waals surface area contributed by atoms with Crippen molar-refractivity contribution in [2.45, 2.75) is 20.1 Å². The molecule has 0 saturated heterocycles. The zero-order valence-electron chi connectivity index (χ0n) is 8.67. The van der Waals surface area contributed by atoms with Gasteiger partial charge in [0.25, 0.3) is 0 Å². The molecular formula is C10H12ClF2NO2. The summed E-state index contributed by atoms with van der Waals surface area (Å²) in [6.45, 7) is -0.689. The van der Waals surface area contributed by atoms with Crippen molar-refractivity contribution in [3.63, 3.8) is 0 Å². The first-order valence-corrected chi connectivity index (χ1v) is 5.06. The SMILES string of the molecule is CCOc1cc(OC(F)F)c(CN)cc1Cl. The lowest BCUT2D eigenvalue weighted by molar-refractivity contribution is -0.0505. The normalized spacial score (nSPS) is 10.6. The number of rotatable bonds is 5. The van der Waals surface area contributed by atoms with Gasteiger partial charge >= 0.3 is 6.61 Å². The van der Waals surface area contributed by atoms with E-state index in [1.54, 1.807) is 6.92 Å². The maximum Gasteiger partial charge on any atom is 0.387 e. The summed E-state index contributed by atoms with van der Waals surface area (Å²) in [5.41, 5.74) is 5.81. The topological polar surface area (TPSA) is 44.5 Å². The van der Waals surface area contributed by atoms with Gasteiger partial charge in [-0.05, 0) is 13.0 Å². The van der Waals surface area contributed by atoms with Gasteiger partial charge in [0.15, 0.2) is 0 Å². The Bertz CT molecular complexity index is 361. The van der Waals surface area contributed by atoms with Crippen LogP contribution in [0.1, 0.15) is 12.5 Å². The molecule has 2 N–H and O–H groups in total. The van der Waals surface area contributed by atoms with Crippen LogP contribution >= 0.6 is 11.6 Å². The Kier molecular flexibility index (Phi) is 4.76. The number of benzene rings is 1. The number of hydrogen-bond acceptors (Lipinski definition) is 3. The molecule has 0 heterocycles. The zero-order valence-corrected chi connectivity index (χ0v) is 9.43. The van der Waals surface area contributed by atoms with Crippen LogP contribution < -0.4 is 15.2 Å². The third-order valence-corrected chi connectivity index (χ3v) is 2.15. The Morgan fingerprint density at radius 2 is 2.06 bits per heavy atom. The predicted molar refractivity (Wildman–Crippen MR) is 57.1 cm³/mol. The van der Waals surface area contributed by atoms with Gasteiger partial charge in [0.05, 0.1) is 11.6 Å². The van der Waals surface area contributed by atoms with Crippen molar-refractivity contribution >= 4 is 11.6 Å². The van der Waals surface area contributed by atoms with E-state index >= 15 is 0 Å². The Balaban J connectivity index is 3.07. The Morgan fingerprint density at radius 1 is 1.38 bits per heavy atom. The van der Waals surface area contributed by atoms with Crippen molar-refractivity contribution < 1.29 is 18.3 Å². The number of nitrogens with two attached hydrogens (primary N) is 1. The molecule has 90 valence electrons. The molecular weight excluding hydrogens is 240 g/mol. The molecule has 3 nitrogen and oxygen atoms in total. The third kappa shape index (κ3) is 3.21. The van der Waals surface area contributed by atoms with E-state index in [1.165, 1.54) is 12.1 Å². The smallest absolute Gasteiger partial charge is 0.387 e. The Hall–Kier alpha value is -1.07. The molecule has 0 amide bonds. The summed E-state index contributed by atoms with van der Waals surface area (Å²) in [6, 6.07) is 2.78. The van der Waals surface area contributed by atoms with Gasteiger partial charge in [0, 0.05) is 18.2 Å². The quantitative estimate of drug-likeness (QED) is 0.875. The molecule has 1 rings (SSSR count). The van der Waals surface area contributed by atoms with E-state index < -0.39 is 6.61 Å². The number of halogens is 3. The van der Waals surface area contributed by atoms with Crippen LogP contribution in [-0.4, -0.2) is 13.2 Å². The number of hydrogen-bond donors (Lipinski definition) is 1. The van der Waals surface area contributed by atoms with E-state index in [9.17, 15) is 8.78 Å². The minimum Gasteiger partial charge on any atom is -0.492 e. The fourth-order valence-electron chi connectivity index (χ4n) is 1.21. The lowest BCUT2D eigenvalue weighted by Gasteiger charge is -2.13. The van der Waals surface area contributed by atoms with E-state index in [0.717, 1.165) is 0 Å². The maximum atomic E-state index is 12.1. The molecule has 6 heteroatoms. The lowest BCUT2D eigenvalue weighted by atomic mass is 10.2. The van der Waals surface area contributed by atoms with Gasteiger partial charge in [0.1, 0.15) is 11.5 Å². The zero-order chi connectivity index (χ0) is 12.1. The standard InChI is InChI=1S/C10H12ClF2NO2/c1-2-15-9-4-8(16-10(12)13)6(5-14)3-7(9)11/h3-4,10H,2,5,14H2,1H3. The molecule has 0 saturated carbocycles. The van der Waals surface area contributed by atoms with Crippen molar-refractivity contribution in [2.75, 3.05) is 6.61 Å².